The van der Waals surface area contributed by atoms with Crippen LogP contribution >= 0.6 is 7.82 Å². The maximum Gasteiger partial charge on any atom is 0.305 e. The van der Waals surface area contributed by atoms with Crippen molar-refractivity contribution < 1.29 is 46.2 Å². The minimum Gasteiger partial charge on any atom is -0.756 e. The zero-order chi connectivity index (χ0) is 30.5. The Labute approximate surface area is 230 Å². The number of quaternary nitrogens is 1. The molecule has 0 aliphatic rings. The Kier molecular flexibility index (Phi) is 18.1. The molecule has 0 aromatic heterocycles. The summed E-state index contributed by atoms with van der Waals surface area (Å²) in [5, 5.41) is 0. The number of nitrogens with zero attached hydrogens (tertiary/aromatic N) is 1. The highest BCUT2D eigenvalue weighted by Gasteiger charge is 2.20. The van der Waals surface area contributed by atoms with Gasteiger partial charge in [0.15, 0.2) is 6.10 Å². The molecule has 0 rings (SSSR count). The molecular formula is C27H54NO8P. The lowest BCUT2D eigenvalue weighted by Gasteiger charge is -2.28. The SMILES string of the molecule is [2H]C([2H])([2H])C(=O)O[C@H](COC(=O)CCCCCCCCCCCCCCCC)COP(=O)([O-])OCC[N+](C)(C)C. The fraction of sp³-hybridized carbons (Fsp3) is 0.926. The molecule has 0 saturated carbocycles. The predicted molar refractivity (Wildman–Crippen MR) is 144 cm³/mol. The number of unbranched alkanes of at least 4 members (excludes halogenated alkanes) is 13. The van der Waals surface area contributed by atoms with Gasteiger partial charge in [0.05, 0.1) is 27.7 Å². The summed E-state index contributed by atoms with van der Waals surface area (Å²) < 4.78 is 53.4. The van der Waals surface area contributed by atoms with Crippen LogP contribution in [0.5, 0.6) is 0 Å². The largest absolute Gasteiger partial charge is 0.756 e. The van der Waals surface area contributed by atoms with E-state index in [2.05, 4.69) is 6.92 Å². The van der Waals surface area contributed by atoms with Crippen LogP contribution in [0.4, 0.5) is 0 Å². The van der Waals surface area contributed by atoms with Crippen molar-refractivity contribution in [3.05, 3.63) is 0 Å². The normalized spacial score (nSPS) is 15.8. The lowest BCUT2D eigenvalue weighted by molar-refractivity contribution is -0.870. The second-order valence-corrected chi connectivity index (χ2v) is 12.1. The maximum atomic E-state index is 12.1. The molecule has 0 heterocycles. The van der Waals surface area contributed by atoms with Gasteiger partial charge >= 0.3 is 11.9 Å². The number of likely N-dealkylation sites (N-methyl/N-ethyl adjacent to an activating group) is 1. The van der Waals surface area contributed by atoms with E-state index in [4.69, 9.17) is 22.6 Å². The average molecular weight is 555 g/mol. The standard InChI is InChI=1S/C27H54NO8P/c1-6-7-8-9-10-11-12-13-14-15-16-17-18-19-20-27(30)33-23-26(36-25(2)29)24-35-37(31,32)34-22-21-28(3,4)5/h26H,6-24H2,1-5H3/t26-/m1/s1/i2D3. The van der Waals surface area contributed by atoms with Gasteiger partial charge in [0.1, 0.15) is 19.8 Å². The van der Waals surface area contributed by atoms with Crippen LogP contribution in [0.1, 0.15) is 114 Å². The van der Waals surface area contributed by atoms with Crippen LogP contribution in [-0.4, -0.2) is 70.0 Å². The van der Waals surface area contributed by atoms with E-state index in [1.165, 1.54) is 64.2 Å². The fourth-order valence-corrected chi connectivity index (χ4v) is 4.36. The van der Waals surface area contributed by atoms with Gasteiger partial charge in [-0.2, -0.15) is 0 Å². The van der Waals surface area contributed by atoms with Gasteiger partial charge in [0, 0.05) is 17.4 Å². The predicted octanol–water partition coefficient (Wildman–Crippen LogP) is 5.54. The third-order valence-electron chi connectivity index (χ3n) is 5.87. The summed E-state index contributed by atoms with van der Waals surface area (Å²) in [5.74, 6) is -2.09. The third-order valence-corrected chi connectivity index (χ3v) is 6.83. The number of esters is 2. The first-order valence-corrected chi connectivity index (χ1v) is 15.4. The van der Waals surface area contributed by atoms with E-state index < -0.39 is 45.9 Å². The van der Waals surface area contributed by atoms with Crippen molar-refractivity contribution in [2.45, 2.75) is 116 Å². The van der Waals surface area contributed by atoms with Gasteiger partial charge in [0.2, 0.25) is 0 Å². The summed E-state index contributed by atoms with van der Waals surface area (Å²) >= 11 is 0. The van der Waals surface area contributed by atoms with Gasteiger partial charge < -0.3 is 27.9 Å². The molecule has 0 saturated heterocycles. The number of hydrogen-bond acceptors (Lipinski definition) is 8. The minimum absolute atomic E-state index is 0.127. The second-order valence-electron chi connectivity index (χ2n) is 10.6. The van der Waals surface area contributed by atoms with E-state index >= 15 is 0 Å². The molecule has 37 heavy (non-hydrogen) atoms. The smallest absolute Gasteiger partial charge is 0.305 e. The Morgan fingerprint density at radius 2 is 1.35 bits per heavy atom. The number of carbonyl (C=O) groups is 2. The molecule has 1 unspecified atom stereocenters. The van der Waals surface area contributed by atoms with Crippen LogP contribution < -0.4 is 4.89 Å². The van der Waals surface area contributed by atoms with Crippen LogP contribution in [0.2, 0.25) is 0 Å². The second kappa shape index (κ2) is 21.9. The van der Waals surface area contributed by atoms with Gasteiger partial charge in [-0.15, -0.1) is 0 Å². The van der Waals surface area contributed by atoms with Crippen LogP contribution in [0.25, 0.3) is 0 Å². The molecule has 0 radical (unpaired) electrons. The Balaban J connectivity index is 4.22. The van der Waals surface area contributed by atoms with Gasteiger partial charge in [-0.25, -0.2) is 0 Å². The summed E-state index contributed by atoms with van der Waals surface area (Å²) in [5.41, 5.74) is 0. The molecule has 2 atom stereocenters. The lowest BCUT2D eigenvalue weighted by Crippen LogP contribution is -2.37. The van der Waals surface area contributed by atoms with Crippen molar-refractivity contribution in [3.63, 3.8) is 0 Å². The van der Waals surface area contributed by atoms with E-state index in [-0.39, 0.29) is 13.0 Å². The number of phosphoric ester groups is 1. The Morgan fingerprint density at radius 1 is 0.838 bits per heavy atom. The summed E-state index contributed by atoms with van der Waals surface area (Å²) in [7, 11) is 0.834. The molecule has 0 spiro atoms. The molecule has 0 amide bonds. The topological polar surface area (TPSA) is 111 Å². The van der Waals surface area contributed by atoms with E-state index in [0.717, 1.165) is 19.3 Å². The van der Waals surface area contributed by atoms with Gasteiger partial charge in [-0.05, 0) is 6.42 Å². The van der Waals surface area contributed by atoms with E-state index in [0.29, 0.717) is 17.4 Å². The van der Waals surface area contributed by atoms with Crippen LogP contribution in [0, 0.1) is 0 Å². The first-order chi connectivity index (χ1) is 18.7. The zero-order valence-corrected chi connectivity index (χ0v) is 24.6. The Hall–Kier alpha value is -0.990. The first-order valence-electron chi connectivity index (χ1n) is 15.4. The number of hydrogen-bond donors (Lipinski definition) is 0. The molecule has 0 aromatic rings. The number of phosphoric acid groups is 1. The van der Waals surface area contributed by atoms with Crippen LogP contribution in [-0.2, 0) is 32.7 Å². The highest BCUT2D eigenvalue weighted by atomic mass is 31.2. The molecule has 220 valence electrons. The molecule has 0 aliphatic heterocycles. The summed E-state index contributed by atoms with van der Waals surface area (Å²) in [6.07, 6.45) is 15.5. The van der Waals surface area contributed by atoms with Crippen LogP contribution in [0.15, 0.2) is 0 Å². The van der Waals surface area contributed by atoms with E-state index in [1.807, 2.05) is 21.1 Å². The molecule has 0 fully saturated rings. The Bertz CT molecular complexity index is 732. The third kappa shape index (κ3) is 26.4. The van der Waals surface area contributed by atoms with Crippen LogP contribution in [0.3, 0.4) is 0 Å². The molecule has 0 N–H and O–H groups in total. The summed E-state index contributed by atoms with van der Waals surface area (Å²) in [6.45, 7) is -1.82. The number of ether oxygens (including phenoxy) is 2. The van der Waals surface area contributed by atoms with Crippen molar-refractivity contribution in [1.82, 2.24) is 0 Å². The number of carbonyl (C=O) groups excluding carboxylic acids is 2. The quantitative estimate of drug-likeness (QED) is 0.0626. The van der Waals surface area contributed by atoms with E-state index in [1.54, 1.807) is 0 Å². The monoisotopic (exact) mass is 554 g/mol. The van der Waals surface area contributed by atoms with Crippen molar-refractivity contribution in [2.75, 3.05) is 47.5 Å². The average Bonchev–Trinajstić information content (AvgIpc) is 2.84. The summed E-state index contributed by atoms with van der Waals surface area (Å²) in [6, 6.07) is 0. The van der Waals surface area contributed by atoms with E-state index in [9.17, 15) is 19.0 Å². The van der Waals surface area contributed by atoms with Crippen molar-refractivity contribution in [3.8, 4) is 0 Å². The zero-order valence-electron chi connectivity index (χ0n) is 26.7. The molecule has 0 bridgehead atoms. The van der Waals surface area contributed by atoms with Gasteiger partial charge in [-0.3, -0.25) is 14.2 Å². The van der Waals surface area contributed by atoms with Gasteiger partial charge in [0.25, 0.3) is 7.82 Å². The number of rotatable bonds is 25. The van der Waals surface area contributed by atoms with Gasteiger partial charge in [-0.1, -0.05) is 90.4 Å². The molecule has 9 nitrogen and oxygen atoms in total. The molecule has 10 heteroatoms. The highest BCUT2D eigenvalue weighted by Crippen LogP contribution is 2.38. The first kappa shape index (κ1) is 30.6. The Morgan fingerprint density at radius 3 is 1.84 bits per heavy atom. The summed E-state index contributed by atoms with van der Waals surface area (Å²) in [4.78, 5) is 35.9. The van der Waals surface area contributed by atoms with Crippen molar-refractivity contribution in [1.29, 1.82) is 0 Å². The molecular weight excluding hydrogens is 497 g/mol. The fourth-order valence-electron chi connectivity index (χ4n) is 3.63. The lowest BCUT2D eigenvalue weighted by atomic mass is 10.0. The molecule has 0 aliphatic carbocycles. The van der Waals surface area contributed by atoms with Crippen molar-refractivity contribution >= 4 is 19.8 Å². The maximum absolute atomic E-state index is 12.1. The molecule has 0 aromatic carbocycles. The minimum atomic E-state index is -4.74. The highest BCUT2D eigenvalue weighted by molar-refractivity contribution is 7.45. The van der Waals surface area contributed by atoms with Crippen molar-refractivity contribution in [2.24, 2.45) is 0 Å².